The molecule has 2 rings (SSSR count). The Morgan fingerprint density at radius 3 is 2.33 bits per heavy atom. The van der Waals surface area contributed by atoms with Crippen molar-refractivity contribution in [2.45, 2.75) is 6.42 Å². The van der Waals surface area contributed by atoms with Gasteiger partial charge in [0, 0.05) is 15.7 Å². The third-order valence-electron chi connectivity index (χ3n) is 2.87. The smallest absolute Gasteiger partial charge is 0.238 e. The molecule has 0 saturated heterocycles. The number of halogens is 2. The maximum absolute atomic E-state index is 11.8. The summed E-state index contributed by atoms with van der Waals surface area (Å²) in [5.41, 5.74) is 1.84. The maximum atomic E-state index is 11.8. The van der Waals surface area contributed by atoms with Gasteiger partial charge in [0.25, 0.3) is 0 Å². The van der Waals surface area contributed by atoms with E-state index in [4.69, 9.17) is 23.2 Å². The molecule has 2 N–H and O–H groups in total. The van der Waals surface area contributed by atoms with E-state index in [0.29, 0.717) is 15.7 Å². The minimum atomic E-state index is -0.124. The van der Waals surface area contributed by atoms with E-state index in [1.165, 1.54) is 5.56 Å². The Kier molecular flexibility index (Phi) is 6.05. The van der Waals surface area contributed by atoms with E-state index in [1.54, 1.807) is 18.2 Å². The number of amides is 1. The van der Waals surface area contributed by atoms with Crippen molar-refractivity contribution in [3.63, 3.8) is 0 Å². The quantitative estimate of drug-likeness (QED) is 0.795. The lowest BCUT2D eigenvalue weighted by Crippen LogP contribution is -2.29. The molecule has 0 atom stereocenters. The molecule has 0 radical (unpaired) electrons. The van der Waals surface area contributed by atoms with Crippen LogP contribution in [0.25, 0.3) is 0 Å². The first-order valence-electron chi connectivity index (χ1n) is 6.64. The fourth-order valence-corrected chi connectivity index (χ4v) is 2.44. The molecule has 5 heteroatoms. The fourth-order valence-electron chi connectivity index (χ4n) is 1.91. The van der Waals surface area contributed by atoms with Crippen LogP contribution in [0.3, 0.4) is 0 Å². The first-order chi connectivity index (χ1) is 10.1. The molecule has 110 valence electrons. The standard InChI is InChI=1S/C16H16Cl2N2O/c17-13-8-14(18)10-15(9-13)20-16(21)11-19-7-6-12-4-2-1-3-5-12/h1-5,8-10,19H,6-7,11H2,(H,20,21). The van der Waals surface area contributed by atoms with Crippen LogP contribution >= 0.6 is 23.2 Å². The number of carbonyl (C=O) groups excluding carboxylic acids is 1. The van der Waals surface area contributed by atoms with E-state index in [0.717, 1.165) is 13.0 Å². The van der Waals surface area contributed by atoms with Crippen molar-refractivity contribution in [2.75, 3.05) is 18.4 Å². The normalized spacial score (nSPS) is 10.4. The van der Waals surface area contributed by atoms with Crippen molar-refractivity contribution in [2.24, 2.45) is 0 Å². The van der Waals surface area contributed by atoms with Crippen LogP contribution in [0.2, 0.25) is 10.0 Å². The van der Waals surface area contributed by atoms with Crippen molar-refractivity contribution >= 4 is 34.8 Å². The second-order valence-electron chi connectivity index (χ2n) is 4.62. The monoisotopic (exact) mass is 322 g/mol. The number of benzene rings is 2. The fraction of sp³-hybridized carbons (Fsp3) is 0.188. The van der Waals surface area contributed by atoms with Crippen LogP contribution in [0.4, 0.5) is 5.69 Å². The van der Waals surface area contributed by atoms with Gasteiger partial charge in [-0.15, -0.1) is 0 Å². The molecule has 0 aliphatic heterocycles. The second-order valence-corrected chi connectivity index (χ2v) is 5.49. The molecule has 0 fully saturated rings. The summed E-state index contributed by atoms with van der Waals surface area (Å²) in [6.45, 7) is 0.991. The summed E-state index contributed by atoms with van der Waals surface area (Å²) < 4.78 is 0. The predicted molar refractivity (Wildman–Crippen MR) is 88.1 cm³/mol. The summed E-state index contributed by atoms with van der Waals surface area (Å²) in [5.74, 6) is -0.124. The van der Waals surface area contributed by atoms with Crippen molar-refractivity contribution in [3.8, 4) is 0 Å². The molecule has 2 aromatic carbocycles. The molecule has 0 aliphatic rings. The van der Waals surface area contributed by atoms with E-state index in [1.807, 2.05) is 18.2 Å². The molecule has 0 spiro atoms. The molecule has 0 aromatic heterocycles. The van der Waals surface area contributed by atoms with Gasteiger partial charge < -0.3 is 10.6 Å². The third-order valence-corrected chi connectivity index (χ3v) is 3.30. The van der Waals surface area contributed by atoms with Crippen molar-refractivity contribution in [3.05, 3.63) is 64.1 Å². The third kappa shape index (κ3) is 5.76. The Labute approximate surface area is 134 Å². The van der Waals surface area contributed by atoms with Crippen LogP contribution in [0, 0.1) is 0 Å². The number of hydrogen-bond donors (Lipinski definition) is 2. The second kappa shape index (κ2) is 8.03. The first kappa shape index (κ1) is 15.8. The number of hydrogen-bond acceptors (Lipinski definition) is 2. The molecule has 0 heterocycles. The van der Waals surface area contributed by atoms with Crippen molar-refractivity contribution in [1.82, 2.24) is 5.32 Å². The zero-order chi connectivity index (χ0) is 15.1. The van der Waals surface area contributed by atoms with E-state index in [-0.39, 0.29) is 12.5 Å². The molecule has 1 amide bonds. The summed E-state index contributed by atoms with van der Waals surface area (Å²) in [4.78, 5) is 11.8. The lowest BCUT2D eigenvalue weighted by atomic mass is 10.1. The summed E-state index contributed by atoms with van der Waals surface area (Å²) in [6, 6.07) is 15.1. The van der Waals surface area contributed by atoms with E-state index in [9.17, 15) is 4.79 Å². The van der Waals surface area contributed by atoms with Crippen molar-refractivity contribution < 1.29 is 4.79 Å². The largest absolute Gasteiger partial charge is 0.325 e. The average molecular weight is 323 g/mol. The highest BCUT2D eigenvalue weighted by Crippen LogP contribution is 2.22. The van der Waals surface area contributed by atoms with Crippen LogP contribution < -0.4 is 10.6 Å². The minimum Gasteiger partial charge on any atom is -0.325 e. The maximum Gasteiger partial charge on any atom is 0.238 e. The molecule has 21 heavy (non-hydrogen) atoms. The van der Waals surface area contributed by atoms with Crippen LogP contribution in [-0.2, 0) is 11.2 Å². The topological polar surface area (TPSA) is 41.1 Å². The molecule has 2 aromatic rings. The zero-order valence-electron chi connectivity index (χ0n) is 11.4. The van der Waals surface area contributed by atoms with Gasteiger partial charge >= 0.3 is 0 Å². The Bertz CT molecular complexity index is 582. The average Bonchev–Trinajstić information content (AvgIpc) is 2.43. The van der Waals surface area contributed by atoms with Crippen molar-refractivity contribution in [1.29, 1.82) is 0 Å². The minimum absolute atomic E-state index is 0.124. The lowest BCUT2D eigenvalue weighted by Gasteiger charge is -2.08. The zero-order valence-corrected chi connectivity index (χ0v) is 12.9. The molecule has 3 nitrogen and oxygen atoms in total. The molecular weight excluding hydrogens is 307 g/mol. The van der Waals surface area contributed by atoms with Gasteiger partial charge in [0.05, 0.1) is 6.54 Å². The Morgan fingerprint density at radius 2 is 1.67 bits per heavy atom. The Hall–Kier alpha value is -1.55. The van der Waals surface area contributed by atoms with E-state index >= 15 is 0 Å². The number of nitrogens with one attached hydrogen (secondary N) is 2. The summed E-state index contributed by atoms with van der Waals surface area (Å²) in [6.07, 6.45) is 0.886. The van der Waals surface area contributed by atoms with Gasteiger partial charge in [-0.05, 0) is 36.7 Å². The van der Waals surface area contributed by atoms with Crippen LogP contribution in [0.5, 0.6) is 0 Å². The van der Waals surface area contributed by atoms with Gasteiger partial charge in [-0.3, -0.25) is 4.79 Å². The van der Waals surface area contributed by atoms with Crippen LogP contribution in [0.15, 0.2) is 48.5 Å². The molecule has 0 bridgehead atoms. The number of carbonyl (C=O) groups is 1. The van der Waals surface area contributed by atoms with Gasteiger partial charge in [-0.2, -0.15) is 0 Å². The Balaban J connectivity index is 1.72. The van der Waals surface area contributed by atoms with Gasteiger partial charge in [0.15, 0.2) is 0 Å². The van der Waals surface area contributed by atoms with Gasteiger partial charge in [-0.1, -0.05) is 53.5 Å². The van der Waals surface area contributed by atoms with E-state index in [2.05, 4.69) is 22.8 Å². The highest BCUT2D eigenvalue weighted by atomic mass is 35.5. The molecular formula is C16H16Cl2N2O. The SMILES string of the molecule is O=C(CNCCc1ccccc1)Nc1cc(Cl)cc(Cl)c1. The molecule has 0 saturated carbocycles. The van der Waals surface area contributed by atoms with Gasteiger partial charge in [-0.25, -0.2) is 0 Å². The predicted octanol–water partition coefficient (Wildman–Crippen LogP) is 3.76. The van der Waals surface area contributed by atoms with E-state index < -0.39 is 0 Å². The van der Waals surface area contributed by atoms with Crippen LogP contribution in [-0.4, -0.2) is 19.0 Å². The van der Waals surface area contributed by atoms with Gasteiger partial charge in [0.1, 0.15) is 0 Å². The number of anilines is 1. The summed E-state index contributed by atoms with van der Waals surface area (Å²) in [5, 5.41) is 6.85. The molecule has 0 aliphatic carbocycles. The number of rotatable bonds is 6. The highest BCUT2D eigenvalue weighted by Gasteiger charge is 2.04. The Morgan fingerprint density at radius 1 is 1.00 bits per heavy atom. The first-order valence-corrected chi connectivity index (χ1v) is 7.39. The highest BCUT2D eigenvalue weighted by molar-refractivity contribution is 6.35. The molecule has 0 unspecified atom stereocenters. The van der Waals surface area contributed by atoms with Crippen LogP contribution in [0.1, 0.15) is 5.56 Å². The summed E-state index contributed by atoms with van der Waals surface area (Å²) in [7, 11) is 0. The van der Waals surface area contributed by atoms with Gasteiger partial charge in [0.2, 0.25) is 5.91 Å². The summed E-state index contributed by atoms with van der Waals surface area (Å²) >= 11 is 11.8. The lowest BCUT2D eigenvalue weighted by molar-refractivity contribution is -0.115.